The van der Waals surface area contributed by atoms with Gasteiger partial charge in [0.2, 0.25) is 6.79 Å². The van der Waals surface area contributed by atoms with Crippen molar-refractivity contribution in [1.82, 2.24) is 15.1 Å². The second kappa shape index (κ2) is 5.98. The molecular weight excluding hydrogens is 320 g/mol. The van der Waals surface area contributed by atoms with Gasteiger partial charge in [0.05, 0.1) is 0 Å². The summed E-state index contributed by atoms with van der Waals surface area (Å²) in [6.07, 6.45) is 2.95. The summed E-state index contributed by atoms with van der Waals surface area (Å²) in [7, 11) is 0. The molecule has 132 valence electrons. The number of fused-ring (bicyclic) bond motifs is 1. The summed E-state index contributed by atoms with van der Waals surface area (Å²) in [5, 5.41) is 6.56. The standard InChI is InChI=1S/C18H22N4O3/c1-18(9-12-3-4-14-15(7-12)25-11-24-14)5-2-6-22(10-18)17(23)13-8-16(19)21-20-13/h3-4,7-8H,2,5-6,9-11H2,1H3,(H3,19,20,21). The van der Waals surface area contributed by atoms with Crippen molar-refractivity contribution in [2.45, 2.75) is 26.2 Å². The minimum Gasteiger partial charge on any atom is -0.454 e. The molecule has 2 aliphatic heterocycles. The van der Waals surface area contributed by atoms with E-state index in [0.717, 1.165) is 37.3 Å². The van der Waals surface area contributed by atoms with Crippen molar-refractivity contribution in [3.05, 3.63) is 35.5 Å². The zero-order chi connectivity index (χ0) is 17.4. The van der Waals surface area contributed by atoms with E-state index in [2.05, 4.69) is 23.2 Å². The number of nitrogens with two attached hydrogens (primary N) is 1. The number of anilines is 1. The molecule has 1 atom stereocenters. The van der Waals surface area contributed by atoms with E-state index in [0.29, 0.717) is 18.1 Å². The lowest BCUT2D eigenvalue weighted by Gasteiger charge is -2.40. The fraction of sp³-hybridized carbons (Fsp3) is 0.444. The van der Waals surface area contributed by atoms with Crippen molar-refractivity contribution < 1.29 is 14.3 Å². The number of likely N-dealkylation sites (tertiary alicyclic amines) is 1. The summed E-state index contributed by atoms with van der Waals surface area (Å²) < 4.78 is 10.8. The van der Waals surface area contributed by atoms with Gasteiger partial charge in [-0.15, -0.1) is 0 Å². The van der Waals surface area contributed by atoms with Crippen LogP contribution in [0.2, 0.25) is 0 Å². The molecule has 1 saturated heterocycles. The third-order valence-electron chi connectivity index (χ3n) is 4.96. The van der Waals surface area contributed by atoms with Crippen molar-refractivity contribution in [1.29, 1.82) is 0 Å². The van der Waals surface area contributed by atoms with Gasteiger partial charge in [-0.2, -0.15) is 5.10 Å². The van der Waals surface area contributed by atoms with Gasteiger partial charge >= 0.3 is 0 Å². The predicted molar refractivity (Wildman–Crippen MR) is 92.5 cm³/mol. The van der Waals surface area contributed by atoms with E-state index in [1.54, 1.807) is 6.07 Å². The lowest BCUT2D eigenvalue weighted by atomic mass is 9.77. The maximum atomic E-state index is 12.7. The Hall–Kier alpha value is -2.70. The molecular formula is C18H22N4O3. The first-order chi connectivity index (χ1) is 12.0. The summed E-state index contributed by atoms with van der Waals surface area (Å²) in [6.45, 7) is 3.98. The Bertz CT molecular complexity index is 803. The SMILES string of the molecule is CC1(Cc2ccc3c(c2)OCO3)CCCN(C(=O)c2cc(N)n[nH]2)C1. The van der Waals surface area contributed by atoms with Gasteiger partial charge < -0.3 is 20.1 Å². The fourth-order valence-corrected chi connectivity index (χ4v) is 3.79. The highest BCUT2D eigenvalue weighted by molar-refractivity contribution is 5.93. The second-order valence-electron chi connectivity index (χ2n) is 7.21. The van der Waals surface area contributed by atoms with Crippen molar-refractivity contribution in [3.8, 4) is 11.5 Å². The molecule has 25 heavy (non-hydrogen) atoms. The Labute approximate surface area is 146 Å². The third-order valence-corrected chi connectivity index (χ3v) is 4.96. The zero-order valence-electron chi connectivity index (χ0n) is 14.2. The number of nitrogens with one attached hydrogen (secondary N) is 1. The van der Waals surface area contributed by atoms with Gasteiger partial charge in [0, 0.05) is 19.2 Å². The number of aromatic nitrogens is 2. The van der Waals surface area contributed by atoms with Crippen LogP contribution in [0.1, 0.15) is 35.8 Å². The third kappa shape index (κ3) is 3.14. The van der Waals surface area contributed by atoms with E-state index >= 15 is 0 Å². The maximum Gasteiger partial charge on any atom is 0.271 e. The first kappa shape index (κ1) is 15.8. The number of carbonyl (C=O) groups excluding carboxylic acids is 1. The van der Waals surface area contributed by atoms with Gasteiger partial charge in [-0.3, -0.25) is 9.89 Å². The number of hydrogen-bond acceptors (Lipinski definition) is 5. The highest BCUT2D eigenvalue weighted by Gasteiger charge is 2.34. The van der Waals surface area contributed by atoms with Crippen LogP contribution < -0.4 is 15.2 Å². The molecule has 0 saturated carbocycles. The molecule has 1 aromatic carbocycles. The molecule has 0 radical (unpaired) electrons. The van der Waals surface area contributed by atoms with E-state index in [9.17, 15) is 4.79 Å². The van der Waals surface area contributed by atoms with Crippen LogP contribution in [0.25, 0.3) is 0 Å². The summed E-state index contributed by atoms with van der Waals surface area (Å²) in [6, 6.07) is 7.67. The quantitative estimate of drug-likeness (QED) is 0.892. The predicted octanol–water partition coefficient (Wildman–Crippen LogP) is 2.21. The molecule has 7 nitrogen and oxygen atoms in total. The van der Waals surface area contributed by atoms with Crippen LogP contribution in [0, 0.1) is 5.41 Å². The first-order valence-corrected chi connectivity index (χ1v) is 8.51. The van der Waals surface area contributed by atoms with E-state index < -0.39 is 0 Å². The molecule has 2 aliphatic rings. The van der Waals surface area contributed by atoms with Crippen LogP contribution in [0.15, 0.2) is 24.3 Å². The van der Waals surface area contributed by atoms with Crippen LogP contribution in [0.4, 0.5) is 5.82 Å². The number of ether oxygens (including phenoxy) is 2. The smallest absolute Gasteiger partial charge is 0.271 e. The molecule has 7 heteroatoms. The molecule has 0 bridgehead atoms. The molecule has 1 amide bonds. The topological polar surface area (TPSA) is 93.5 Å². The number of piperidine rings is 1. The van der Waals surface area contributed by atoms with E-state index in [4.69, 9.17) is 15.2 Å². The Morgan fingerprint density at radius 3 is 3.00 bits per heavy atom. The van der Waals surface area contributed by atoms with Gasteiger partial charge in [-0.25, -0.2) is 0 Å². The van der Waals surface area contributed by atoms with Gasteiger partial charge in [-0.05, 0) is 42.4 Å². The van der Waals surface area contributed by atoms with Gasteiger partial charge in [0.25, 0.3) is 5.91 Å². The zero-order valence-corrected chi connectivity index (χ0v) is 14.2. The van der Waals surface area contributed by atoms with Crippen molar-refractivity contribution in [2.75, 3.05) is 25.6 Å². The summed E-state index contributed by atoms with van der Waals surface area (Å²) in [5.74, 6) is 1.90. The molecule has 2 aromatic rings. The molecule has 1 fully saturated rings. The number of hydrogen-bond donors (Lipinski definition) is 2. The van der Waals surface area contributed by atoms with Crippen LogP contribution in [-0.2, 0) is 6.42 Å². The minimum absolute atomic E-state index is 0.0210. The number of benzene rings is 1. The summed E-state index contributed by atoms with van der Waals surface area (Å²) in [4.78, 5) is 14.6. The second-order valence-corrected chi connectivity index (χ2v) is 7.21. The fourth-order valence-electron chi connectivity index (χ4n) is 3.79. The molecule has 3 N–H and O–H groups in total. The maximum absolute atomic E-state index is 12.7. The van der Waals surface area contributed by atoms with Crippen LogP contribution >= 0.6 is 0 Å². The Kier molecular flexibility index (Phi) is 3.78. The molecule has 3 heterocycles. The van der Waals surface area contributed by atoms with Crippen LogP contribution in [0.3, 0.4) is 0 Å². The first-order valence-electron chi connectivity index (χ1n) is 8.51. The number of rotatable bonds is 3. The summed E-state index contributed by atoms with van der Waals surface area (Å²) in [5.41, 5.74) is 7.28. The van der Waals surface area contributed by atoms with Crippen molar-refractivity contribution in [3.63, 3.8) is 0 Å². The Morgan fingerprint density at radius 1 is 1.36 bits per heavy atom. The Balaban J connectivity index is 1.48. The molecule has 1 unspecified atom stereocenters. The van der Waals surface area contributed by atoms with Gasteiger partial charge in [0.1, 0.15) is 11.5 Å². The molecule has 4 rings (SSSR count). The normalized spacial score (nSPS) is 22.2. The number of carbonyl (C=O) groups is 1. The number of H-pyrrole nitrogens is 1. The van der Waals surface area contributed by atoms with Gasteiger partial charge in [0.15, 0.2) is 11.5 Å². The lowest BCUT2D eigenvalue weighted by molar-refractivity contribution is 0.0545. The average molecular weight is 342 g/mol. The highest BCUT2D eigenvalue weighted by Crippen LogP contribution is 2.37. The van der Waals surface area contributed by atoms with Crippen LogP contribution in [0.5, 0.6) is 11.5 Å². The lowest BCUT2D eigenvalue weighted by Crippen LogP contribution is -2.45. The monoisotopic (exact) mass is 342 g/mol. The van der Waals surface area contributed by atoms with Crippen molar-refractivity contribution in [2.24, 2.45) is 5.41 Å². The molecule has 0 spiro atoms. The number of nitrogen functional groups attached to an aromatic ring is 1. The number of aromatic amines is 1. The highest BCUT2D eigenvalue weighted by atomic mass is 16.7. The Morgan fingerprint density at radius 2 is 2.20 bits per heavy atom. The van der Waals surface area contributed by atoms with Crippen LogP contribution in [-0.4, -0.2) is 40.9 Å². The summed E-state index contributed by atoms with van der Waals surface area (Å²) >= 11 is 0. The largest absolute Gasteiger partial charge is 0.454 e. The number of nitrogens with zero attached hydrogens (tertiary/aromatic N) is 2. The minimum atomic E-state index is -0.0409. The van der Waals surface area contributed by atoms with Gasteiger partial charge in [-0.1, -0.05) is 13.0 Å². The van der Waals surface area contributed by atoms with E-state index in [-0.39, 0.29) is 18.1 Å². The van der Waals surface area contributed by atoms with E-state index in [1.807, 2.05) is 17.0 Å². The number of amides is 1. The van der Waals surface area contributed by atoms with E-state index in [1.165, 1.54) is 5.56 Å². The van der Waals surface area contributed by atoms with Crippen molar-refractivity contribution >= 4 is 11.7 Å². The molecule has 1 aromatic heterocycles. The molecule has 0 aliphatic carbocycles. The average Bonchev–Trinajstić information content (AvgIpc) is 3.22.